The lowest BCUT2D eigenvalue weighted by atomic mass is 10.2. The fraction of sp³-hybridized carbons (Fsp3) is 0.125. The van der Waals surface area contributed by atoms with Crippen molar-refractivity contribution in [2.75, 3.05) is 0 Å². The molecule has 0 radical (unpaired) electrons. The van der Waals surface area contributed by atoms with Crippen LogP contribution in [0.1, 0.15) is 5.56 Å². The van der Waals surface area contributed by atoms with Gasteiger partial charge in [0.1, 0.15) is 6.29 Å². The van der Waals surface area contributed by atoms with Gasteiger partial charge in [-0.05, 0) is 11.6 Å². The Bertz CT molecular complexity index is 407. The molecule has 0 N–H and O–H groups in total. The van der Waals surface area contributed by atoms with Crippen LogP contribution >= 0.6 is 0 Å². The Balaban J connectivity index is 2.52. The Labute approximate surface area is 68.8 Å². The Kier molecular flexibility index (Phi) is 1.59. The van der Waals surface area contributed by atoms with Crippen molar-refractivity contribution in [3.63, 3.8) is 0 Å². The number of aromatic nitrogens is 3. The van der Waals surface area contributed by atoms with Crippen LogP contribution in [0.4, 0.5) is 0 Å². The van der Waals surface area contributed by atoms with Gasteiger partial charge in [0, 0.05) is 12.6 Å². The molecule has 2 aromatic rings. The highest BCUT2D eigenvalue weighted by Gasteiger charge is 1.95. The maximum atomic E-state index is 10.2. The van der Waals surface area contributed by atoms with Crippen LogP contribution in [0.15, 0.2) is 24.5 Å². The lowest BCUT2D eigenvalue weighted by Crippen LogP contribution is -1.92. The predicted molar refractivity (Wildman–Crippen MR) is 42.8 cm³/mol. The number of carbonyl (C=O) groups excluding carboxylic acids is 1. The zero-order valence-electron chi connectivity index (χ0n) is 6.34. The van der Waals surface area contributed by atoms with Crippen molar-refractivity contribution in [2.45, 2.75) is 6.42 Å². The van der Waals surface area contributed by atoms with Crippen molar-refractivity contribution in [3.05, 3.63) is 30.1 Å². The van der Waals surface area contributed by atoms with E-state index in [4.69, 9.17) is 0 Å². The highest BCUT2D eigenvalue weighted by atomic mass is 16.1. The first-order valence-electron chi connectivity index (χ1n) is 3.63. The van der Waals surface area contributed by atoms with Crippen molar-refractivity contribution >= 4 is 11.8 Å². The van der Waals surface area contributed by atoms with Crippen LogP contribution < -0.4 is 0 Å². The number of carbonyl (C=O) groups is 1. The summed E-state index contributed by atoms with van der Waals surface area (Å²) in [6.07, 6.45) is 4.77. The zero-order chi connectivity index (χ0) is 8.39. The summed E-state index contributed by atoms with van der Waals surface area (Å²) >= 11 is 0. The summed E-state index contributed by atoms with van der Waals surface area (Å²) < 4.78 is 1.65. The monoisotopic (exact) mass is 161 g/mol. The van der Waals surface area contributed by atoms with Crippen molar-refractivity contribution in [2.24, 2.45) is 0 Å². The van der Waals surface area contributed by atoms with Gasteiger partial charge in [-0.1, -0.05) is 11.3 Å². The van der Waals surface area contributed by atoms with Gasteiger partial charge < -0.3 is 4.79 Å². The van der Waals surface area contributed by atoms with Crippen molar-refractivity contribution in [3.8, 4) is 0 Å². The molecular weight excluding hydrogens is 154 g/mol. The van der Waals surface area contributed by atoms with E-state index in [1.165, 1.54) is 0 Å². The second kappa shape index (κ2) is 2.73. The van der Waals surface area contributed by atoms with E-state index in [1.807, 2.05) is 12.1 Å². The molecule has 0 aromatic carbocycles. The van der Waals surface area contributed by atoms with E-state index >= 15 is 0 Å². The second-order valence-electron chi connectivity index (χ2n) is 2.51. The molecule has 2 rings (SSSR count). The normalized spacial score (nSPS) is 10.3. The van der Waals surface area contributed by atoms with Gasteiger partial charge in [-0.15, -0.1) is 5.10 Å². The predicted octanol–water partition coefficient (Wildman–Crippen LogP) is 0.471. The fourth-order valence-electron chi connectivity index (χ4n) is 1.08. The molecule has 2 heterocycles. The molecule has 0 bridgehead atoms. The molecule has 0 atom stereocenters. The Hall–Kier alpha value is -1.71. The van der Waals surface area contributed by atoms with Crippen LogP contribution in [0, 0.1) is 0 Å². The zero-order valence-corrected chi connectivity index (χ0v) is 6.34. The topological polar surface area (TPSA) is 47.3 Å². The molecule has 0 saturated carbocycles. The Morgan fingerprint density at radius 2 is 2.42 bits per heavy atom. The molecule has 12 heavy (non-hydrogen) atoms. The molecule has 0 amide bonds. The third-order valence-corrected chi connectivity index (χ3v) is 1.68. The van der Waals surface area contributed by atoms with Crippen LogP contribution in [0.5, 0.6) is 0 Å². The number of pyridine rings is 1. The van der Waals surface area contributed by atoms with E-state index < -0.39 is 0 Å². The average Bonchev–Trinajstić information content (AvgIpc) is 2.51. The molecule has 0 unspecified atom stereocenters. The average molecular weight is 161 g/mol. The first-order chi connectivity index (χ1) is 5.90. The molecule has 2 aromatic heterocycles. The van der Waals surface area contributed by atoms with E-state index in [2.05, 4.69) is 10.3 Å². The lowest BCUT2D eigenvalue weighted by Gasteiger charge is -1.94. The Morgan fingerprint density at radius 1 is 1.50 bits per heavy atom. The van der Waals surface area contributed by atoms with Gasteiger partial charge in [-0.3, -0.25) is 0 Å². The van der Waals surface area contributed by atoms with Crippen LogP contribution in [0.25, 0.3) is 5.52 Å². The smallest absolute Gasteiger partial charge is 0.124 e. The minimum Gasteiger partial charge on any atom is -0.303 e. The summed E-state index contributed by atoms with van der Waals surface area (Å²) in [4.78, 5) is 10.2. The first kappa shape index (κ1) is 6.97. The number of aldehydes is 1. The summed E-state index contributed by atoms with van der Waals surface area (Å²) in [6.45, 7) is 0. The molecule has 0 spiro atoms. The van der Waals surface area contributed by atoms with Gasteiger partial charge in [-0.2, -0.15) is 0 Å². The third kappa shape index (κ3) is 1.07. The lowest BCUT2D eigenvalue weighted by molar-refractivity contribution is -0.107. The van der Waals surface area contributed by atoms with E-state index in [0.717, 1.165) is 17.4 Å². The standard InChI is InChI=1S/C8H7N3O/c12-4-3-7-1-2-8-5-9-10-11(8)6-7/h1-2,4-6H,3H2. The summed E-state index contributed by atoms with van der Waals surface area (Å²) in [5, 5.41) is 7.54. The van der Waals surface area contributed by atoms with Crippen LogP contribution in [0.3, 0.4) is 0 Å². The van der Waals surface area contributed by atoms with Gasteiger partial charge in [0.05, 0.1) is 11.7 Å². The van der Waals surface area contributed by atoms with Gasteiger partial charge in [-0.25, -0.2) is 4.52 Å². The highest BCUT2D eigenvalue weighted by molar-refractivity contribution is 5.55. The maximum Gasteiger partial charge on any atom is 0.124 e. The van der Waals surface area contributed by atoms with E-state index in [0.29, 0.717) is 6.42 Å². The van der Waals surface area contributed by atoms with Crippen LogP contribution in [-0.4, -0.2) is 21.1 Å². The van der Waals surface area contributed by atoms with Gasteiger partial charge in [0.2, 0.25) is 0 Å². The molecule has 0 saturated heterocycles. The molecule has 0 aliphatic heterocycles. The molecule has 4 nitrogen and oxygen atoms in total. The van der Waals surface area contributed by atoms with Crippen molar-refractivity contribution in [1.29, 1.82) is 0 Å². The van der Waals surface area contributed by atoms with Crippen LogP contribution in [0.2, 0.25) is 0 Å². The molecular formula is C8H7N3O. The third-order valence-electron chi connectivity index (χ3n) is 1.68. The van der Waals surface area contributed by atoms with E-state index in [1.54, 1.807) is 16.9 Å². The van der Waals surface area contributed by atoms with E-state index in [-0.39, 0.29) is 0 Å². The van der Waals surface area contributed by atoms with Crippen LogP contribution in [-0.2, 0) is 11.2 Å². The maximum absolute atomic E-state index is 10.2. The largest absolute Gasteiger partial charge is 0.303 e. The molecule has 0 aliphatic rings. The number of rotatable bonds is 2. The molecule has 0 fully saturated rings. The van der Waals surface area contributed by atoms with E-state index in [9.17, 15) is 4.79 Å². The fourth-order valence-corrected chi connectivity index (χ4v) is 1.08. The van der Waals surface area contributed by atoms with Crippen molar-refractivity contribution in [1.82, 2.24) is 14.8 Å². The number of nitrogens with zero attached hydrogens (tertiary/aromatic N) is 3. The Morgan fingerprint density at radius 3 is 3.25 bits per heavy atom. The van der Waals surface area contributed by atoms with Crippen molar-refractivity contribution < 1.29 is 4.79 Å². The highest BCUT2D eigenvalue weighted by Crippen LogP contribution is 2.03. The summed E-state index contributed by atoms with van der Waals surface area (Å²) in [7, 11) is 0. The molecule has 60 valence electrons. The van der Waals surface area contributed by atoms with Gasteiger partial charge >= 0.3 is 0 Å². The summed E-state index contributed by atoms with van der Waals surface area (Å²) in [5.74, 6) is 0. The molecule has 0 aliphatic carbocycles. The quantitative estimate of drug-likeness (QED) is 0.601. The SMILES string of the molecule is O=CCc1ccc2cnnn2c1. The summed E-state index contributed by atoms with van der Waals surface area (Å²) in [6, 6.07) is 3.78. The minimum atomic E-state index is 0.426. The summed E-state index contributed by atoms with van der Waals surface area (Å²) in [5.41, 5.74) is 1.88. The number of hydrogen-bond acceptors (Lipinski definition) is 3. The van der Waals surface area contributed by atoms with Gasteiger partial charge in [0.25, 0.3) is 0 Å². The number of hydrogen-bond donors (Lipinski definition) is 0. The minimum absolute atomic E-state index is 0.426. The molecule has 4 heteroatoms. The number of fused-ring (bicyclic) bond motifs is 1. The van der Waals surface area contributed by atoms with Gasteiger partial charge in [0.15, 0.2) is 0 Å². The first-order valence-corrected chi connectivity index (χ1v) is 3.63. The second-order valence-corrected chi connectivity index (χ2v) is 2.51.